The largest absolute Gasteiger partial charge is 0.486 e. The van der Waals surface area contributed by atoms with E-state index in [1.54, 1.807) is 6.07 Å². The highest BCUT2D eigenvalue weighted by Gasteiger charge is 2.14. The van der Waals surface area contributed by atoms with E-state index in [0.717, 1.165) is 16.7 Å². The minimum Gasteiger partial charge on any atom is -0.486 e. The van der Waals surface area contributed by atoms with Crippen LogP contribution in [0.3, 0.4) is 0 Å². The zero-order valence-corrected chi connectivity index (χ0v) is 15.3. The Hall–Kier alpha value is -2.87. The van der Waals surface area contributed by atoms with Crippen molar-refractivity contribution in [2.24, 2.45) is 0 Å². The van der Waals surface area contributed by atoms with Crippen LogP contribution in [0.2, 0.25) is 0 Å². The Morgan fingerprint density at radius 1 is 1.22 bits per heavy atom. The third-order valence-corrected chi connectivity index (χ3v) is 3.99. The van der Waals surface area contributed by atoms with Gasteiger partial charge in [-0.2, -0.15) is 5.10 Å². The number of ether oxygens (including phenoxy) is 3. The summed E-state index contributed by atoms with van der Waals surface area (Å²) in [5.74, 6) is 1.07. The molecule has 2 heterocycles. The molecule has 2 aromatic rings. The molecule has 1 N–H and O–H groups in total. The van der Waals surface area contributed by atoms with E-state index in [2.05, 4.69) is 10.4 Å². The molecule has 144 valence electrons. The number of hydrogen-bond acceptors (Lipinski definition) is 6. The summed E-state index contributed by atoms with van der Waals surface area (Å²) in [5, 5.41) is 7.07. The molecule has 27 heavy (non-hydrogen) atoms. The lowest BCUT2D eigenvalue weighted by atomic mass is 10.1. The molecular weight excluding hydrogens is 350 g/mol. The lowest BCUT2D eigenvalue weighted by Crippen LogP contribution is -2.34. The van der Waals surface area contributed by atoms with Gasteiger partial charge in [0.05, 0.1) is 5.69 Å². The van der Waals surface area contributed by atoms with Gasteiger partial charge in [-0.3, -0.25) is 9.59 Å². The molecule has 0 spiro atoms. The number of amides is 1. The molecule has 0 fully saturated rings. The minimum atomic E-state index is -0.333. The summed E-state index contributed by atoms with van der Waals surface area (Å²) in [6, 6.07) is 8.51. The van der Waals surface area contributed by atoms with Gasteiger partial charge in [-0.1, -0.05) is 0 Å². The normalized spacial score (nSPS) is 12.6. The van der Waals surface area contributed by atoms with Crippen molar-refractivity contribution in [3.63, 3.8) is 0 Å². The van der Waals surface area contributed by atoms with Crippen molar-refractivity contribution < 1.29 is 19.0 Å². The van der Waals surface area contributed by atoms with Gasteiger partial charge < -0.3 is 19.5 Å². The summed E-state index contributed by atoms with van der Waals surface area (Å²) in [5.41, 5.74) is 1.03. The van der Waals surface area contributed by atoms with Gasteiger partial charge in [-0.15, -0.1) is 0 Å². The van der Waals surface area contributed by atoms with Gasteiger partial charge in [0.1, 0.15) is 19.8 Å². The van der Waals surface area contributed by atoms with Crippen LogP contribution in [-0.2, 0) is 16.1 Å². The van der Waals surface area contributed by atoms with Crippen LogP contribution < -0.4 is 20.3 Å². The maximum Gasteiger partial charge on any atom is 0.267 e. The highest BCUT2D eigenvalue weighted by Crippen LogP contribution is 2.33. The second kappa shape index (κ2) is 9.18. The lowest BCUT2D eigenvalue weighted by molar-refractivity contribution is -0.121. The Balaban J connectivity index is 1.67. The van der Waals surface area contributed by atoms with E-state index in [1.165, 1.54) is 6.07 Å². The molecule has 1 aromatic carbocycles. The summed E-state index contributed by atoms with van der Waals surface area (Å²) in [7, 11) is 0. The Bertz CT molecular complexity index is 849. The number of carbonyl (C=O) groups excluding carboxylic acids is 1. The standard InChI is InChI=1S/C19H23N3O5/c1-2-25-9-3-8-20-18(23)13-22-19(24)7-5-15(21-22)14-4-6-16-17(12-14)27-11-10-26-16/h4-7,12H,2-3,8-11,13H2,1H3,(H,20,23). The van der Waals surface area contributed by atoms with Gasteiger partial charge in [-0.25, -0.2) is 4.68 Å². The molecular formula is C19H23N3O5. The highest BCUT2D eigenvalue weighted by atomic mass is 16.6. The van der Waals surface area contributed by atoms with Crippen molar-refractivity contribution in [1.82, 2.24) is 15.1 Å². The first-order chi connectivity index (χ1) is 13.2. The number of rotatable bonds is 8. The quantitative estimate of drug-likeness (QED) is 0.700. The zero-order valence-electron chi connectivity index (χ0n) is 15.3. The summed E-state index contributed by atoms with van der Waals surface area (Å²) >= 11 is 0. The number of fused-ring (bicyclic) bond motifs is 1. The van der Waals surface area contributed by atoms with Crippen LogP contribution in [0, 0.1) is 0 Å². The molecule has 0 saturated heterocycles. The fourth-order valence-electron chi connectivity index (χ4n) is 2.66. The van der Waals surface area contributed by atoms with Gasteiger partial charge in [0.25, 0.3) is 5.56 Å². The number of aromatic nitrogens is 2. The molecule has 8 heteroatoms. The fraction of sp³-hybridized carbons (Fsp3) is 0.421. The second-order valence-corrected chi connectivity index (χ2v) is 5.97. The van der Waals surface area contributed by atoms with Gasteiger partial charge in [0, 0.05) is 31.4 Å². The average molecular weight is 373 g/mol. The zero-order chi connectivity index (χ0) is 19.1. The first-order valence-electron chi connectivity index (χ1n) is 9.00. The number of nitrogens with one attached hydrogen (secondary N) is 1. The summed E-state index contributed by atoms with van der Waals surface area (Å²) in [6.07, 6.45) is 0.721. The first-order valence-corrected chi connectivity index (χ1v) is 9.00. The molecule has 0 bridgehead atoms. The average Bonchev–Trinajstić information content (AvgIpc) is 2.69. The van der Waals surface area contributed by atoms with Crippen molar-refractivity contribution in [1.29, 1.82) is 0 Å². The van der Waals surface area contributed by atoms with Gasteiger partial charge in [0.2, 0.25) is 5.91 Å². The Morgan fingerprint density at radius 2 is 2.04 bits per heavy atom. The Labute approximate surface area is 157 Å². The lowest BCUT2D eigenvalue weighted by Gasteiger charge is -2.18. The van der Waals surface area contributed by atoms with Crippen molar-refractivity contribution >= 4 is 5.91 Å². The minimum absolute atomic E-state index is 0.133. The molecule has 1 aliphatic rings. The number of benzene rings is 1. The van der Waals surface area contributed by atoms with Crippen molar-refractivity contribution in [3.8, 4) is 22.8 Å². The summed E-state index contributed by atoms with van der Waals surface area (Å²) in [4.78, 5) is 24.1. The van der Waals surface area contributed by atoms with E-state index < -0.39 is 0 Å². The predicted octanol–water partition coefficient (Wildman–Crippen LogP) is 1.22. The Morgan fingerprint density at radius 3 is 2.85 bits per heavy atom. The SMILES string of the molecule is CCOCCCNC(=O)Cn1nc(-c2ccc3c(c2)OCCO3)ccc1=O. The van der Waals surface area contributed by atoms with E-state index in [0.29, 0.717) is 50.2 Å². The van der Waals surface area contributed by atoms with Gasteiger partial charge >= 0.3 is 0 Å². The van der Waals surface area contributed by atoms with Crippen molar-refractivity contribution in [3.05, 3.63) is 40.7 Å². The maximum absolute atomic E-state index is 12.0. The van der Waals surface area contributed by atoms with Crippen LogP contribution in [0.4, 0.5) is 0 Å². The molecule has 0 unspecified atom stereocenters. The molecule has 0 saturated carbocycles. The number of nitrogens with zero attached hydrogens (tertiary/aromatic N) is 2. The highest BCUT2D eigenvalue weighted by molar-refractivity contribution is 5.75. The van der Waals surface area contributed by atoms with Gasteiger partial charge in [0.15, 0.2) is 11.5 Å². The molecule has 0 atom stereocenters. The van der Waals surface area contributed by atoms with Crippen LogP contribution in [0.1, 0.15) is 13.3 Å². The molecule has 8 nitrogen and oxygen atoms in total. The number of carbonyl (C=O) groups is 1. The third-order valence-electron chi connectivity index (χ3n) is 3.99. The third kappa shape index (κ3) is 5.07. The molecule has 1 amide bonds. The van der Waals surface area contributed by atoms with Crippen molar-refractivity contribution in [2.75, 3.05) is 33.0 Å². The van der Waals surface area contributed by atoms with Crippen LogP contribution >= 0.6 is 0 Å². The first kappa shape index (κ1) is 18.9. The van der Waals surface area contributed by atoms with E-state index in [1.807, 2.05) is 25.1 Å². The topological polar surface area (TPSA) is 91.7 Å². The van der Waals surface area contributed by atoms with Gasteiger partial charge in [-0.05, 0) is 37.6 Å². The van der Waals surface area contributed by atoms with E-state index in [9.17, 15) is 9.59 Å². The van der Waals surface area contributed by atoms with E-state index >= 15 is 0 Å². The summed E-state index contributed by atoms with van der Waals surface area (Å²) in [6.45, 7) is 4.54. The van der Waals surface area contributed by atoms with Crippen LogP contribution in [0.5, 0.6) is 11.5 Å². The monoisotopic (exact) mass is 373 g/mol. The molecule has 1 aromatic heterocycles. The predicted molar refractivity (Wildman–Crippen MR) is 99.0 cm³/mol. The van der Waals surface area contributed by atoms with Crippen molar-refractivity contribution in [2.45, 2.75) is 19.9 Å². The second-order valence-electron chi connectivity index (χ2n) is 5.97. The molecule has 3 rings (SSSR count). The van der Waals surface area contributed by atoms with Crippen LogP contribution in [-0.4, -0.2) is 48.7 Å². The fourth-order valence-corrected chi connectivity index (χ4v) is 2.66. The molecule has 0 aliphatic carbocycles. The summed E-state index contributed by atoms with van der Waals surface area (Å²) < 4.78 is 17.5. The number of hydrogen-bond donors (Lipinski definition) is 1. The van der Waals surface area contributed by atoms with E-state index in [4.69, 9.17) is 14.2 Å². The van der Waals surface area contributed by atoms with Crippen LogP contribution in [0.25, 0.3) is 11.3 Å². The molecule has 0 radical (unpaired) electrons. The smallest absolute Gasteiger partial charge is 0.267 e. The van der Waals surface area contributed by atoms with E-state index in [-0.39, 0.29) is 18.0 Å². The maximum atomic E-state index is 12.0. The Kier molecular flexibility index (Phi) is 6.43. The molecule has 1 aliphatic heterocycles. The van der Waals surface area contributed by atoms with Crippen LogP contribution in [0.15, 0.2) is 35.1 Å².